The summed E-state index contributed by atoms with van der Waals surface area (Å²) >= 11 is 0. The number of methoxy groups -OCH3 is 1. The third kappa shape index (κ3) is 15.3. The van der Waals surface area contributed by atoms with Gasteiger partial charge in [-0.1, -0.05) is 0 Å². The molecule has 0 aliphatic heterocycles. The van der Waals surface area contributed by atoms with Gasteiger partial charge in [0.2, 0.25) is 0 Å². The van der Waals surface area contributed by atoms with Gasteiger partial charge in [-0.15, -0.1) is 0 Å². The van der Waals surface area contributed by atoms with Crippen molar-refractivity contribution in [1.82, 2.24) is 0 Å². The zero-order valence-electron chi connectivity index (χ0n) is 12.3. The summed E-state index contributed by atoms with van der Waals surface area (Å²) < 4.78 is 20.3. The van der Waals surface area contributed by atoms with Crippen LogP contribution in [0.25, 0.3) is 0 Å². The van der Waals surface area contributed by atoms with Gasteiger partial charge in [0.1, 0.15) is 6.61 Å². The van der Waals surface area contributed by atoms with Crippen LogP contribution < -0.4 is 5.73 Å². The fourth-order valence-electron chi connectivity index (χ4n) is 1.18. The summed E-state index contributed by atoms with van der Waals surface area (Å²) in [6, 6.07) is 0. The first-order chi connectivity index (χ1) is 8.95. The number of hydrogen-bond donors (Lipinski definition) is 1. The first-order valence-electron chi connectivity index (χ1n) is 6.54. The second-order valence-electron chi connectivity index (χ2n) is 4.93. The van der Waals surface area contributed by atoms with Gasteiger partial charge < -0.3 is 24.7 Å². The van der Waals surface area contributed by atoms with E-state index in [0.29, 0.717) is 45.9 Å². The molecule has 0 heterocycles. The molecule has 0 saturated heterocycles. The van der Waals surface area contributed by atoms with Crippen molar-refractivity contribution in [1.29, 1.82) is 0 Å². The Morgan fingerprint density at radius 2 is 1.53 bits per heavy atom. The van der Waals surface area contributed by atoms with E-state index in [-0.39, 0.29) is 18.1 Å². The highest BCUT2D eigenvalue weighted by Crippen LogP contribution is 2.07. The van der Waals surface area contributed by atoms with Gasteiger partial charge >= 0.3 is 5.97 Å². The maximum Gasteiger partial charge on any atom is 0.305 e. The van der Waals surface area contributed by atoms with Gasteiger partial charge in [-0.25, -0.2) is 0 Å². The third-order valence-electron chi connectivity index (χ3n) is 2.27. The zero-order valence-corrected chi connectivity index (χ0v) is 12.3. The van der Waals surface area contributed by atoms with Gasteiger partial charge in [0.05, 0.1) is 33.0 Å². The number of carbonyl (C=O) groups excluding carboxylic acids is 1. The van der Waals surface area contributed by atoms with Crippen LogP contribution >= 0.6 is 0 Å². The van der Waals surface area contributed by atoms with Crippen LogP contribution in [0.3, 0.4) is 0 Å². The SMILES string of the molecule is COCCOCCOCCOC(=O)CCC(C)(C)N. The molecule has 0 amide bonds. The Bertz CT molecular complexity index is 228. The van der Waals surface area contributed by atoms with Crippen molar-refractivity contribution < 1.29 is 23.7 Å². The predicted molar refractivity (Wildman–Crippen MR) is 72.0 cm³/mol. The normalized spacial score (nSPS) is 11.6. The van der Waals surface area contributed by atoms with Crippen molar-refractivity contribution >= 4 is 5.97 Å². The maximum absolute atomic E-state index is 11.3. The minimum Gasteiger partial charge on any atom is -0.463 e. The number of ether oxygens (including phenoxy) is 4. The quantitative estimate of drug-likeness (QED) is 0.418. The Morgan fingerprint density at radius 3 is 2.05 bits per heavy atom. The van der Waals surface area contributed by atoms with Crippen molar-refractivity contribution in [3.05, 3.63) is 0 Å². The zero-order chi connectivity index (χ0) is 14.6. The summed E-state index contributed by atoms with van der Waals surface area (Å²) in [7, 11) is 1.62. The molecule has 6 heteroatoms. The first kappa shape index (κ1) is 18.3. The fraction of sp³-hybridized carbons (Fsp3) is 0.923. The maximum atomic E-state index is 11.3. The Labute approximate surface area is 115 Å². The Hall–Kier alpha value is -0.690. The lowest BCUT2D eigenvalue weighted by Crippen LogP contribution is -2.32. The highest BCUT2D eigenvalue weighted by molar-refractivity contribution is 5.69. The predicted octanol–water partition coefficient (Wildman–Crippen LogP) is 0.727. The molecular formula is C13H27NO5. The third-order valence-corrected chi connectivity index (χ3v) is 2.27. The molecule has 0 aromatic heterocycles. The van der Waals surface area contributed by atoms with Crippen LogP contribution in [0.2, 0.25) is 0 Å². The molecule has 2 N–H and O–H groups in total. The molecule has 0 atom stereocenters. The van der Waals surface area contributed by atoms with Crippen molar-refractivity contribution in [2.75, 3.05) is 46.8 Å². The minimum absolute atomic E-state index is 0.238. The van der Waals surface area contributed by atoms with Crippen LogP contribution in [0.1, 0.15) is 26.7 Å². The van der Waals surface area contributed by atoms with E-state index in [1.807, 2.05) is 13.8 Å². The number of hydrogen-bond acceptors (Lipinski definition) is 6. The molecule has 0 aliphatic rings. The monoisotopic (exact) mass is 277 g/mol. The highest BCUT2D eigenvalue weighted by Gasteiger charge is 2.13. The van der Waals surface area contributed by atoms with E-state index in [1.54, 1.807) is 7.11 Å². The smallest absolute Gasteiger partial charge is 0.305 e. The summed E-state index contributed by atoms with van der Waals surface area (Å²) in [6.45, 7) is 6.54. The van der Waals surface area contributed by atoms with Gasteiger partial charge in [0.25, 0.3) is 0 Å². The second-order valence-corrected chi connectivity index (χ2v) is 4.93. The molecule has 0 bridgehead atoms. The topological polar surface area (TPSA) is 80.0 Å². The second kappa shape index (κ2) is 11.2. The molecule has 19 heavy (non-hydrogen) atoms. The number of carbonyl (C=O) groups is 1. The van der Waals surface area contributed by atoms with Crippen LogP contribution in [0.5, 0.6) is 0 Å². The molecule has 0 aromatic rings. The molecule has 0 radical (unpaired) electrons. The van der Waals surface area contributed by atoms with Crippen LogP contribution in [-0.4, -0.2) is 58.3 Å². The van der Waals surface area contributed by atoms with Gasteiger partial charge in [-0.2, -0.15) is 0 Å². The Balaban J connectivity index is 3.23. The Kier molecular flexibility index (Phi) is 10.8. The summed E-state index contributed by atoms with van der Waals surface area (Å²) in [5.74, 6) is -0.238. The molecule has 0 saturated carbocycles. The van der Waals surface area contributed by atoms with E-state index < -0.39 is 0 Å². The summed E-state index contributed by atoms with van der Waals surface area (Å²) in [5.41, 5.74) is 5.43. The van der Waals surface area contributed by atoms with E-state index in [2.05, 4.69) is 0 Å². The number of rotatable bonds is 12. The molecule has 0 aromatic carbocycles. The van der Waals surface area contributed by atoms with E-state index >= 15 is 0 Å². The van der Waals surface area contributed by atoms with Gasteiger partial charge in [-0.05, 0) is 20.3 Å². The van der Waals surface area contributed by atoms with Crippen molar-refractivity contribution in [3.8, 4) is 0 Å². The van der Waals surface area contributed by atoms with E-state index in [4.69, 9.17) is 24.7 Å². The minimum atomic E-state index is -0.338. The van der Waals surface area contributed by atoms with Crippen molar-refractivity contribution in [2.45, 2.75) is 32.2 Å². The van der Waals surface area contributed by atoms with Gasteiger partial charge in [0.15, 0.2) is 0 Å². The summed E-state index contributed by atoms with van der Waals surface area (Å²) in [5, 5.41) is 0. The molecule has 0 unspecified atom stereocenters. The molecule has 0 rings (SSSR count). The van der Waals surface area contributed by atoms with Gasteiger partial charge in [-0.3, -0.25) is 4.79 Å². The highest BCUT2D eigenvalue weighted by atomic mass is 16.6. The molecular weight excluding hydrogens is 250 g/mol. The fourth-order valence-corrected chi connectivity index (χ4v) is 1.18. The summed E-state index contributed by atoms with van der Waals surface area (Å²) in [4.78, 5) is 11.3. The lowest BCUT2D eigenvalue weighted by molar-refractivity contribution is -0.145. The van der Waals surface area contributed by atoms with Crippen LogP contribution in [0.15, 0.2) is 0 Å². The number of nitrogens with two attached hydrogens (primary N) is 1. The Morgan fingerprint density at radius 1 is 1.00 bits per heavy atom. The largest absolute Gasteiger partial charge is 0.463 e. The van der Waals surface area contributed by atoms with Crippen molar-refractivity contribution in [3.63, 3.8) is 0 Å². The average Bonchev–Trinajstić information content (AvgIpc) is 2.33. The van der Waals surface area contributed by atoms with Gasteiger partial charge in [0, 0.05) is 19.1 Å². The van der Waals surface area contributed by atoms with Crippen molar-refractivity contribution in [2.24, 2.45) is 5.73 Å². The molecule has 0 aliphatic carbocycles. The molecule has 0 fully saturated rings. The van der Waals surface area contributed by atoms with E-state index in [1.165, 1.54) is 0 Å². The average molecular weight is 277 g/mol. The molecule has 6 nitrogen and oxygen atoms in total. The first-order valence-corrected chi connectivity index (χ1v) is 6.54. The van der Waals surface area contributed by atoms with E-state index in [9.17, 15) is 4.79 Å². The molecule has 0 spiro atoms. The molecule has 114 valence electrons. The van der Waals surface area contributed by atoms with Crippen LogP contribution in [0.4, 0.5) is 0 Å². The van der Waals surface area contributed by atoms with E-state index in [0.717, 1.165) is 0 Å². The standard InChI is InChI=1S/C13H27NO5/c1-13(2,14)5-4-12(15)19-11-10-18-9-8-17-7-6-16-3/h4-11,14H2,1-3H3. The summed E-state index contributed by atoms with van der Waals surface area (Å²) in [6.07, 6.45) is 0.948. The lowest BCUT2D eigenvalue weighted by atomic mass is 10.0. The van der Waals surface area contributed by atoms with Crippen LogP contribution in [-0.2, 0) is 23.7 Å². The van der Waals surface area contributed by atoms with Crippen LogP contribution in [0, 0.1) is 0 Å². The lowest BCUT2D eigenvalue weighted by Gasteiger charge is -2.17. The number of esters is 1.